The van der Waals surface area contributed by atoms with Crippen molar-refractivity contribution >= 4 is 0 Å². The van der Waals surface area contributed by atoms with Crippen LogP contribution >= 0.6 is 0 Å². The van der Waals surface area contributed by atoms with Crippen molar-refractivity contribution in [3.05, 3.63) is 83.9 Å². The molecule has 0 fully saturated rings. The molecule has 0 spiro atoms. The van der Waals surface area contributed by atoms with Gasteiger partial charge in [0.1, 0.15) is 23.0 Å². The van der Waals surface area contributed by atoms with E-state index in [2.05, 4.69) is 0 Å². The molecule has 0 aliphatic carbocycles. The van der Waals surface area contributed by atoms with Crippen LogP contribution in [0.15, 0.2) is 72.8 Å². The molecule has 0 atom stereocenters. The third-order valence-electron chi connectivity index (χ3n) is 3.44. The van der Waals surface area contributed by atoms with Crippen LogP contribution in [-0.2, 0) is 13.2 Å². The van der Waals surface area contributed by atoms with E-state index in [1.807, 2.05) is 54.6 Å². The Kier molecular flexibility index (Phi) is 5.11. The van der Waals surface area contributed by atoms with Crippen molar-refractivity contribution in [2.24, 2.45) is 0 Å². The van der Waals surface area contributed by atoms with Crippen molar-refractivity contribution in [1.29, 1.82) is 0 Å². The van der Waals surface area contributed by atoms with Crippen molar-refractivity contribution in [2.45, 2.75) is 13.2 Å². The molecule has 0 saturated heterocycles. The van der Waals surface area contributed by atoms with Gasteiger partial charge in [-0.2, -0.15) is 0 Å². The molecule has 2 N–H and O–H groups in total. The zero-order valence-electron chi connectivity index (χ0n) is 13.1. The highest BCUT2D eigenvalue weighted by Crippen LogP contribution is 2.29. The summed E-state index contributed by atoms with van der Waals surface area (Å²) in [5.41, 5.74) is 1.58. The molecule has 122 valence electrons. The molecule has 4 nitrogen and oxygen atoms in total. The van der Waals surface area contributed by atoms with E-state index in [0.29, 0.717) is 23.0 Å². The second kappa shape index (κ2) is 7.64. The topological polar surface area (TPSA) is 58.9 Å². The molecule has 0 heterocycles. The van der Waals surface area contributed by atoms with Crippen LogP contribution in [0.5, 0.6) is 23.0 Å². The molecule has 0 amide bonds. The summed E-state index contributed by atoms with van der Waals surface area (Å²) in [6.07, 6.45) is 0. The smallest absolute Gasteiger partial charge is 0.131 e. The van der Waals surface area contributed by atoms with E-state index in [9.17, 15) is 10.2 Å². The van der Waals surface area contributed by atoms with E-state index in [4.69, 9.17) is 9.47 Å². The fourth-order valence-corrected chi connectivity index (χ4v) is 2.29. The average molecular weight is 322 g/mol. The Morgan fingerprint density at radius 3 is 1.33 bits per heavy atom. The first kappa shape index (κ1) is 16.1. The maximum absolute atomic E-state index is 9.19. The third-order valence-corrected chi connectivity index (χ3v) is 3.44. The molecule has 0 aromatic heterocycles. The minimum atomic E-state index is -0.0262. The lowest BCUT2D eigenvalue weighted by Gasteiger charge is -2.10. The van der Waals surface area contributed by atoms with Gasteiger partial charge in [0.2, 0.25) is 0 Å². The first-order chi connectivity index (χ1) is 11.8. The molecule has 0 radical (unpaired) electrons. The summed E-state index contributed by atoms with van der Waals surface area (Å²) in [6.45, 7) is -0.0525. The van der Waals surface area contributed by atoms with Gasteiger partial charge in [-0.25, -0.2) is 0 Å². The fraction of sp³-hybridized carbons (Fsp3) is 0.100. The number of aliphatic hydroxyl groups is 2. The molecule has 0 unspecified atom stereocenters. The second-order valence-corrected chi connectivity index (χ2v) is 5.29. The summed E-state index contributed by atoms with van der Waals surface area (Å²) in [5, 5.41) is 18.4. The van der Waals surface area contributed by atoms with Crippen LogP contribution in [0.4, 0.5) is 0 Å². The first-order valence-electron chi connectivity index (χ1n) is 7.62. The monoisotopic (exact) mass is 322 g/mol. The number of hydrogen-bond acceptors (Lipinski definition) is 4. The zero-order chi connectivity index (χ0) is 16.8. The summed E-state index contributed by atoms with van der Waals surface area (Å²) in [4.78, 5) is 0. The fourth-order valence-electron chi connectivity index (χ4n) is 2.29. The van der Waals surface area contributed by atoms with Crippen LogP contribution in [0, 0.1) is 0 Å². The Morgan fingerprint density at radius 2 is 0.917 bits per heavy atom. The largest absolute Gasteiger partial charge is 0.457 e. The first-order valence-corrected chi connectivity index (χ1v) is 7.62. The Morgan fingerprint density at radius 1 is 0.542 bits per heavy atom. The molecule has 4 heteroatoms. The molecular formula is C20H18O4. The lowest BCUT2D eigenvalue weighted by atomic mass is 10.2. The van der Waals surface area contributed by atoms with E-state index >= 15 is 0 Å². The molecule has 0 aliphatic heterocycles. The van der Waals surface area contributed by atoms with Gasteiger partial charge in [-0.1, -0.05) is 30.3 Å². The Hall–Kier alpha value is -2.82. The summed E-state index contributed by atoms with van der Waals surface area (Å²) in [5.74, 6) is 2.59. The molecular weight excluding hydrogens is 304 g/mol. The predicted molar refractivity (Wildman–Crippen MR) is 91.3 cm³/mol. The summed E-state index contributed by atoms with van der Waals surface area (Å²) in [6, 6.07) is 21.9. The van der Waals surface area contributed by atoms with Gasteiger partial charge < -0.3 is 19.7 Å². The summed E-state index contributed by atoms with van der Waals surface area (Å²) in [7, 11) is 0. The number of aliphatic hydroxyl groups excluding tert-OH is 2. The van der Waals surface area contributed by atoms with E-state index in [1.54, 1.807) is 18.2 Å². The number of benzene rings is 3. The van der Waals surface area contributed by atoms with E-state index in [0.717, 1.165) is 11.1 Å². The van der Waals surface area contributed by atoms with Gasteiger partial charge >= 0.3 is 0 Å². The standard InChI is InChI=1S/C20H18O4/c21-13-15-4-1-6-17(10-15)23-19-8-3-9-20(12-19)24-18-7-2-5-16(11-18)14-22/h1-12,21-22H,13-14H2. The van der Waals surface area contributed by atoms with Gasteiger partial charge in [-0.05, 0) is 47.5 Å². The van der Waals surface area contributed by atoms with E-state index in [1.165, 1.54) is 0 Å². The number of ether oxygens (including phenoxy) is 2. The highest BCUT2D eigenvalue weighted by molar-refractivity contribution is 5.40. The molecule has 3 aromatic carbocycles. The molecule has 24 heavy (non-hydrogen) atoms. The molecule has 3 rings (SSSR count). The Bertz CT molecular complexity index is 749. The van der Waals surface area contributed by atoms with Crippen molar-refractivity contribution in [2.75, 3.05) is 0 Å². The van der Waals surface area contributed by atoms with Crippen molar-refractivity contribution < 1.29 is 19.7 Å². The molecule has 0 saturated carbocycles. The lowest BCUT2D eigenvalue weighted by Crippen LogP contribution is -1.90. The van der Waals surface area contributed by atoms with Crippen molar-refractivity contribution in [3.8, 4) is 23.0 Å². The molecule has 3 aromatic rings. The van der Waals surface area contributed by atoms with Crippen molar-refractivity contribution in [1.82, 2.24) is 0 Å². The van der Waals surface area contributed by atoms with Crippen LogP contribution in [0.1, 0.15) is 11.1 Å². The van der Waals surface area contributed by atoms with Gasteiger partial charge in [0.05, 0.1) is 13.2 Å². The normalized spacial score (nSPS) is 10.4. The highest BCUT2D eigenvalue weighted by atomic mass is 16.5. The number of rotatable bonds is 6. The van der Waals surface area contributed by atoms with Crippen LogP contribution in [-0.4, -0.2) is 10.2 Å². The van der Waals surface area contributed by atoms with Gasteiger partial charge in [0.25, 0.3) is 0 Å². The van der Waals surface area contributed by atoms with Gasteiger partial charge in [-0.3, -0.25) is 0 Å². The average Bonchev–Trinajstić information content (AvgIpc) is 2.62. The minimum Gasteiger partial charge on any atom is -0.457 e. The van der Waals surface area contributed by atoms with Crippen LogP contribution in [0.25, 0.3) is 0 Å². The van der Waals surface area contributed by atoms with E-state index < -0.39 is 0 Å². The maximum atomic E-state index is 9.19. The van der Waals surface area contributed by atoms with Crippen LogP contribution in [0.3, 0.4) is 0 Å². The third kappa shape index (κ3) is 4.13. The Balaban J connectivity index is 1.76. The molecule has 0 aliphatic rings. The zero-order valence-corrected chi connectivity index (χ0v) is 13.1. The highest BCUT2D eigenvalue weighted by Gasteiger charge is 2.03. The second-order valence-electron chi connectivity index (χ2n) is 5.29. The molecule has 0 bridgehead atoms. The van der Waals surface area contributed by atoms with Gasteiger partial charge in [0.15, 0.2) is 0 Å². The Labute approximate surface area is 140 Å². The van der Waals surface area contributed by atoms with Crippen LogP contribution < -0.4 is 9.47 Å². The summed E-state index contributed by atoms with van der Waals surface area (Å²) >= 11 is 0. The van der Waals surface area contributed by atoms with Crippen molar-refractivity contribution in [3.63, 3.8) is 0 Å². The van der Waals surface area contributed by atoms with E-state index in [-0.39, 0.29) is 13.2 Å². The number of hydrogen-bond donors (Lipinski definition) is 2. The SMILES string of the molecule is OCc1cccc(Oc2cccc(Oc3cccc(CO)c3)c2)c1. The quantitative estimate of drug-likeness (QED) is 0.712. The van der Waals surface area contributed by atoms with Gasteiger partial charge in [0, 0.05) is 6.07 Å². The maximum Gasteiger partial charge on any atom is 0.131 e. The minimum absolute atomic E-state index is 0.0262. The predicted octanol–water partition coefficient (Wildman–Crippen LogP) is 4.26. The lowest BCUT2D eigenvalue weighted by molar-refractivity contribution is 0.281. The summed E-state index contributed by atoms with van der Waals surface area (Å²) < 4.78 is 11.6. The van der Waals surface area contributed by atoms with Gasteiger partial charge in [-0.15, -0.1) is 0 Å². The van der Waals surface area contributed by atoms with Crippen LogP contribution in [0.2, 0.25) is 0 Å².